The maximum absolute atomic E-state index is 11.7. The zero-order chi connectivity index (χ0) is 28.8. The molecule has 0 aliphatic carbocycles. The average Bonchev–Trinajstić information content (AvgIpc) is 3.35. The van der Waals surface area contributed by atoms with Crippen molar-refractivity contribution in [2.45, 2.75) is 30.9 Å². The summed E-state index contributed by atoms with van der Waals surface area (Å²) in [4.78, 5) is 11.4. The van der Waals surface area contributed by atoms with Gasteiger partial charge in [0.05, 0.1) is 13.7 Å². The smallest absolute Gasteiger partial charge is 0.220 e. The number of aromatic nitrogens is 3. The summed E-state index contributed by atoms with van der Waals surface area (Å²) in [5, 5.41) is 22.6. The van der Waals surface area contributed by atoms with Crippen molar-refractivity contribution in [1.82, 2.24) is 14.8 Å². The monoisotopic (exact) mass is 570 g/mol. The molecule has 0 spiro atoms. The number of methoxy groups -OCH3 is 1. The number of rotatable bonds is 12. The van der Waals surface area contributed by atoms with Gasteiger partial charge in [0.15, 0.2) is 16.7 Å². The fraction of sp³-hybridized carbons (Fsp3) is 0.226. The average molecular weight is 571 g/mol. The van der Waals surface area contributed by atoms with Crippen LogP contribution in [0.25, 0.3) is 16.5 Å². The number of aryl methyl sites for hydroxylation is 1. The lowest BCUT2D eigenvalue weighted by Gasteiger charge is -2.17. The first-order chi connectivity index (χ1) is 20.0. The Morgan fingerprint density at radius 3 is 2.49 bits per heavy atom. The first-order valence-corrected chi connectivity index (χ1v) is 14.1. The molecule has 10 heteroatoms. The molecule has 41 heavy (non-hydrogen) atoms. The van der Waals surface area contributed by atoms with Gasteiger partial charge in [-0.15, -0.1) is 10.2 Å². The number of nitrogens with zero attached hydrogens (tertiary/aromatic N) is 4. The normalized spacial score (nSPS) is 11.8. The quantitative estimate of drug-likeness (QED) is 0.0914. The van der Waals surface area contributed by atoms with Gasteiger partial charge in [0.2, 0.25) is 6.54 Å². The molecule has 9 nitrogen and oxygen atoms in total. The molecular formula is C31H30N4O5S. The lowest BCUT2D eigenvalue weighted by Crippen LogP contribution is -2.11. The van der Waals surface area contributed by atoms with Gasteiger partial charge in [0, 0.05) is 10.6 Å². The predicted molar refractivity (Wildman–Crippen MR) is 159 cm³/mol. The fourth-order valence-corrected chi connectivity index (χ4v) is 5.79. The molecule has 210 valence electrons. The van der Waals surface area contributed by atoms with Crippen LogP contribution in [0.1, 0.15) is 29.1 Å². The highest BCUT2D eigenvalue weighted by Crippen LogP contribution is 2.40. The third-order valence-electron chi connectivity index (χ3n) is 6.59. The minimum absolute atomic E-state index is 0.306. The summed E-state index contributed by atoms with van der Waals surface area (Å²) < 4.78 is 19.2. The molecular weight excluding hydrogens is 540 g/mol. The summed E-state index contributed by atoms with van der Waals surface area (Å²) in [6, 6.07) is 27.3. The Kier molecular flexibility index (Phi) is 8.69. The number of fused-ring (bicyclic) bond motifs is 1. The summed E-state index contributed by atoms with van der Waals surface area (Å²) in [7, 11) is 1.56. The summed E-state index contributed by atoms with van der Waals surface area (Å²) in [6.45, 7) is 4.40. The summed E-state index contributed by atoms with van der Waals surface area (Å²) in [5.41, 5.74) is 2.62. The molecule has 1 aromatic heterocycles. The van der Waals surface area contributed by atoms with Crippen molar-refractivity contribution >= 4 is 22.5 Å². The van der Waals surface area contributed by atoms with Crippen LogP contribution in [0, 0.1) is 17.0 Å². The van der Waals surface area contributed by atoms with Crippen LogP contribution in [-0.2, 0) is 6.61 Å². The number of thioether (sulfide) groups is 1. The van der Waals surface area contributed by atoms with Crippen LogP contribution in [0.3, 0.4) is 0 Å². The van der Waals surface area contributed by atoms with E-state index in [4.69, 9.17) is 14.2 Å². The molecule has 1 heterocycles. The molecule has 0 aliphatic heterocycles. The van der Waals surface area contributed by atoms with Gasteiger partial charge in [0.25, 0.3) is 0 Å². The third-order valence-corrected chi connectivity index (χ3v) is 7.77. The van der Waals surface area contributed by atoms with Crippen LogP contribution in [0.5, 0.6) is 17.2 Å². The van der Waals surface area contributed by atoms with Crippen molar-refractivity contribution in [3.8, 4) is 22.9 Å². The van der Waals surface area contributed by atoms with Gasteiger partial charge >= 0.3 is 0 Å². The van der Waals surface area contributed by atoms with Gasteiger partial charge in [0.1, 0.15) is 23.4 Å². The van der Waals surface area contributed by atoms with Gasteiger partial charge < -0.3 is 14.2 Å². The highest BCUT2D eigenvalue weighted by atomic mass is 32.2. The van der Waals surface area contributed by atoms with Gasteiger partial charge in [-0.1, -0.05) is 60.3 Å². The van der Waals surface area contributed by atoms with E-state index in [0.717, 1.165) is 33.3 Å². The van der Waals surface area contributed by atoms with Crippen LogP contribution in [-0.4, -0.2) is 39.9 Å². The SMILES string of the molecule is CCOc1ccc(-n2c(C)nnc2S[C@H](C[N+](=O)[O-])c2ccc(OCc3cccc4ccccc34)c(OC)c2)cc1. The standard InChI is InChI=1S/C31H30N4O5S/c1-4-39-26-15-13-25(14-16-26)35-21(2)32-33-31(35)41-30(19-34(36)37)23-12-17-28(29(18-23)38-3)40-20-24-10-7-9-22-8-5-6-11-27(22)24/h5-18,30H,4,19-20H2,1-3H3/t30-/m1/s1. The zero-order valence-electron chi connectivity index (χ0n) is 23.0. The highest BCUT2D eigenvalue weighted by molar-refractivity contribution is 7.99. The van der Waals surface area contributed by atoms with E-state index in [1.54, 1.807) is 19.2 Å². The molecule has 0 amide bonds. The Morgan fingerprint density at radius 2 is 1.73 bits per heavy atom. The van der Waals surface area contributed by atoms with Crippen LogP contribution < -0.4 is 14.2 Å². The lowest BCUT2D eigenvalue weighted by molar-refractivity contribution is -0.479. The van der Waals surface area contributed by atoms with Crippen molar-refractivity contribution in [1.29, 1.82) is 0 Å². The van der Waals surface area contributed by atoms with E-state index >= 15 is 0 Å². The molecule has 0 saturated heterocycles. The minimum atomic E-state index is -0.545. The number of hydrogen-bond acceptors (Lipinski definition) is 8. The molecule has 1 atom stereocenters. The molecule has 0 N–H and O–H groups in total. The van der Waals surface area contributed by atoms with Crippen molar-refractivity contribution in [2.75, 3.05) is 20.3 Å². The molecule has 0 unspecified atom stereocenters. The second-order valence-electron chi connectivity index (χ2n) is 9.25. The lowest BCUT2D eigenvalue weighted by atomic mass is 10.1. The van der Waals surface area contributed by atoms with Crippen molar-refractivity contribution in [2.24, 2.45) is 0 Å². The molecule has 0 fully saturated rings. The molecule has 0 bridgehead atoms. The summed E-state index contributed by atoms with van der Waals surface area (Å²) >= 11 is 1.28. The van der Waals surface area contributed by atoms with Crippen LogP contribution in [0.2, 0.25) is 0 Å². The number of nitro groups is 1. The Bertz CT molecular complexity index is 1650. The Balaban J connectivity index is 1.40. The molecule has 0 saturated carbocycles. The van der Waals surface area contributed by atoms with E-state index in [1.165, 1.54) is 11.8 Å². The van der Waals surface area contributed by atoms with Gasteiger partial charge in [-0.3, -0.25) is 14.7 Å². The van der Waals surface area contributed by atoms with Crippen molar-refractivity contribution in [3.63, 3.8) is 0 Å². The third kappa shape index (κ3) is 6.44. The molecule has 0 aliphatic rings. The Labute approximate surface area is 242 Å². The fourth-order valence-electron chi connectivity index (χ4n) is 4.63. The Hall–Kier alpha value is -4.57. The predicted octanol–water partition coefficient (Wildman–Crippen LogP) is 6.83. The topological polar surface area (TPSA) is 102 Å². The minimum Gasteiger partial charge on any atom is -0.494 e. The second-order valence-corrected chi connectivity index (χ2v) is 10.4. The number of hydrogen-bond donors (Lipinski definition) is 0. The first-order valence-electron chi connectivity index (χ1n) is 13.2. The van der Waals surface area contributed by atoms with Crippen LogP contribution >= 0.6 is 11.8 Å². The molecule has 5 aromatic rings. The van der Waals surface area contributed by atoms with E-state index in [2.05, 4.69) is 28.4 Å². The van der Waals surface area contributed by atoms with Crippen LogP contribution in [0.4, 0.5) is 0 Å². The van der Waals surface area contributed by atoms with Crippen LogP contribution in [0.15, 0.2) is 90.1 Å². The first kappa shape index (κ1) is 28.0. The molecule has 4 aromatic carbocycles. The summed E-state index contributed by atoms with van der Waals surface area (Å²) in [6.07, 6.45) is 0. The van der Waals surface area contributed by atoms with E-state index < -0.39 is 5.25 Å². The molecule has 5 rings (SSSR count). The zero-order valence-corrected chi connectivity index (χ0v) is 23.8. The number of benzene rings is 4. The maximum atomic E-state index is 11.7. The number of ether oxygens (including phenoxy) is 3. The van der Waals surface area contributed by atoms with E-state index in [9.17, 15) is 10.1 Å². The summed E-state index contributed by atoms with van der Waals surface area (Å²) in [5.74, 6) is 2.49. The van der Waals surface area contributed by atoms with E-state index in [0.29, 0.717) is 35.7 Å². The van der Waals surface area contributed by atoms with Gasteiger partial charge in [-0.05, 0) is 72.1 Å². The van der Waals surface area contributed by atoms with Gasteiger partial charge in [-0.25, -0.2) is 0 Å². The van der Waals surface area contributed by atoms with E-state index in [-0.39, 0.29) is 11.5 Å². The Morgan fingerprint density at radius 1 is 0.951 bits per heavy atom. The van der Waals surface area contributed by atoms with Crippen molar-refractivity contribution in [3.05, 3.63) is 112 Å². The van der Waals surface area contributed by atoms with Gasteiger partial charge in [-0.2, -0.15) is 0 Å². The van der Waals surface area contributed by atoms with Crippen molar-refractivity contribution < 1.29 is 19.1 Å². The molecule has 0 radical (unpaired) electrons. The highest BCUT2D eigenvalue weighted by Gasteiger charge is 2.25. The second kappa shape index (κ2) is 12.7. The largest absolute Gasteiger partial charge is 0.494 e. The van der Waals surface area contributed by atoms with E-state index in [1.807, 2.05) is 73.0 Å². The maximum Gasteiger partial charge on any atom is 0.220 e.